The van der Waals surface area contributed by atoms with Crippen LogP contribution in [0, 0.1) is 11.8 Å². The molecule has 0 bridgehead atoms. The zero-order chi connectivity index (χ0) is 25.6. The maximum absolute atomic E-state index is 13.8. The van der Waals surface area contributed by atoms with Crippen LogP contribution < -0.4 is 10.7 Å². The van der Waals surface area contributed by atoms with Crippen LogP contribution in [0.1, 0.15) is 57.4 Å². The number of Topliss-reactive ketones (excluding diaryl/α,β-unsaturated/α-hetero) is 1. The van der Waals surface area contributed by atoms with Crippen LogP contribution >= 0.6 is 0 Å². The van der Waals surface area contributed by atoms with E-state index in [-0.39, 0.29) is 34.2 Å². The van der Waals surface area contributed by atoms with Crippen LogP contribution in [-0.4, -0.2) is 30.9 Å². The summed E-state index contributed by atoms with van der Waals surface area (Å²) in [4.78, 5) is 53.7. The van der Waals surface area contributed by atoms with Crippen molar-refractivity contribution < 1.29 is 28.3 Å². The van der Waals surface area contributed by atoms with Crippen molar-refractivity contribution in [1.82, 2.24) is 5.32 Å². The van der Waals surface area contributed by atoms with Gasteiger partial charge in [0, 0.05) is 22.5 Å². The van der Waals surface area contributed by atoms with E-state index in [1.54, 1.807) is 31.2 Å². The summed E-state index contributed by atoms with van der Waals surface area (Å²) in [5, 5.41) is 3.57. The quantitative estimate of drug-likeness (QED) is 0.506. The molecule has 8 nitrogen and oxygen atoms in total. The average Bonchev–Trinajstić information content (AvgIpc) is 3.36. The second-order valence-electron chi connectivity index (χ2n) is 9.86. The van der Waals surface area contributed by atoms with Gasteiger partial charge >= 0.3 is 11.9 Å². The van der Waals surface area contributed by atoms with E-state index in [1.807, 2.05) is 6.92 Å². The molecule has 1 aromatic heterocycles. The largest absolute Gasteiger partial charge is 0.468 e. The van der Waals surface area contributed by atoms with Crippen molar-refractivity contribution in [2.45, 2.75) is 58.0 Å². The molecular formula is C28H29NO7. The molecule has 0 unspecified atom stereocenters. The molecule has 0 radical (unpaired) electrons. The molecule has 1 aliphatic heterocycles. The van der Waals surface area contributed by atoms with E-state index in [0.29, 0.717) is 28.8 Å². The highest BCUT2D eigenvalue weighted by Gasteiger charge is 2.48. The highest BCUT2D eigenvalue weighted by Crippen LogP contribution is 2.45. The van der Waals surface area contributed by atoms with Gasteiger partial charge in [-0.1, -0.05) is 19.1 Å². The van der Waals surface area contributed by atoms with Gasteiger partial charge in [-0.15, -0.1) is 0 Å². The van der Waals surface area contributed by atoms with Gasteiger partial charge in [-0.3, -0.25) is 14.4 Å². The fraction of sp³-hybridized carbons (Fsp3) is 0.429. The molecule has 1 N–H and O–H groups in total. The molecule has 1 fully saturated rings. The van der Waals surface area contributed by atoms with Gasteiger partial charge in [0.15, 0.2) is 11.2 Å². The van der Waals surface area contributed by atoms with Crippen molar-refractivity contribution in [2.75, 3.05) is 7.11 Å². The molecule has 2 heterocycles. The molecule has 0 saturated heterocycles. The molecule has 1 saturated carbocycles. The Bertz CT molecular complexity index is 1380. The standard InChI is InChI=1S/C28H29NO7/c1-14-12-19-24(26(31)21(14)27(32)34-3)23(18-13-35-20-11-7-6-10-17(20)25(18)30)22(15(2)29-19)28(33)36-16-8-4-5-9-16/h6-7,10-11,13-14,16,21,23,29H,4-5,8-9,12H2,1-3H3/t14-,21-,23+/m0/s1. The first-order chi connectivity index (χ1) is 17.3. The molecule has 1 aromatic carbocycles. The second kappa shape index (κ2) is 9.41. The molecule has 8 heteroatoms. The Kier molecular flexibility index (Phi) is 6.28. The van der Waals surface area contributed by atoms with E-state index in [1.165, 1.54) is 13.4 Å². The van der Waals surface area contributed by atoms with E-state index >= 15 is 0 Å². The van der Waals surface area contributed by atoms with E-state index in [0.717, 1.165) is 25.7 Å². The molecular weight excluding hydrogens is 462 g/mol. The van der Waals surface area contributed by atoms with Crippen molar-refractivity contribution in [2.24, 2.45) is 11.8 Å². The van der Waals surface area contributed by atoms with Crippen molar-refractivity contribution >= 4 is 28.7 Å². The van der Waals surface area contributed by atoms with Crippen LogP contribution in [-0.2, 0) is 23.9 Å². The highest BCUT2D eigenvalue weighted by atomic mass is 16.5. The third-order valence-electron chi connectivity index (χ3n) is 7.56. The number of ether oxygens (including phenoxy) is 2. The summed E-state index contributed by atoms with van der Waals surface area (Å²) in [7, 11) is 1.25. The Morgan fingerprint density at radius 1 is 1.11 bits per heavy atom. The molecule has 0 amide bonds. The number of esters is 2. The van der Waals surface area contributed by atoms with Crippen molar-refractivity contribution in [3.05, 3.63) is 68.9 Å². The van der Waals surface area contributed by atoms with E-state index in [9.17, 15) is 19.2 Å². The van der Waals surface area contributed by atoms with Gasteiger partial charge in [0.1, 0.15) is 17.6 Å². The molecule has 2 aliphatic carbocycles. The number of rotatable bonds is 4. The number of nitrogens with one attached hydrogen (secondary N) is 1. The van der Waals surface area contributed by atoms with Crippen molar-refractivity contribution in [1.29, 1.82) is 0 Å². The summed E-state index contributed by atoms with van der Waals surface area (Å²) in [6, 6.07) is 6.83. The number of methoxy groups -OCH3 is 1. The van der Waals surface area contributed by atoms with Crippen LogP contribution in [0.3, 0.4) is 0 Å². The fourth-order valence-corrected chi connectivity index (χ4v) is 5.78. The Balaban J connectivity index is 1.69. The highest BCUT2D eigenvalue weighted by molar-refractivity contribution is 6.12. The number of hydrogen-bond donors (Lipinski definition) is 1. The van der Waals surface area contributed by atoms with Crippen molar-refractivity contribution in [3.63, 3.8) is 0 Å². The van der Waals surface area contributed by atoms with E-state index < -0.39 is 29.6 Å². The van der Waals surface area contributed by atoms with Gasteiger partial charge in [-0.05, 0) is 57.1 Å². The summed E-state index contributed by atoms with van der Waals surface area (Å²) in [5.74, 6) is -4.04. The van der Waals surface area contributed by atoms with E-state index in [4.69, 9.17) is 13.9 Å². The molecule has 0 spiro atoms. The number of dihydropyridines is 1. The molecule has 2 aromatic rings. The maximum atomic E-state index is 13.8. The zero-order valence-electron chi connectivity index (χ0n) is 20.6. The van der Waals surface area contributed by atoms with Gasteiger partial charge in [0.2, 0.25) is 0 Å². The van der Waals surface area contributed by atoms with Gasteiger partial charge in [-0.25, -0.2) is 4.79 Å². The van der Waals surface area contributed by atoms with Gasteiger partial charge in [0.05, 0.1) is 30.3 Å². The summed E-state index contributed by atoms with van der Waals surface area (Å²) in [6.07, 6.45) is 5.04. The predicted octanol–water partition coefficient (Wildman–Crippen LogP) is 3.89. The van der Waals surface area contributed by atoms with E-state index in [2.05, 4.69) is 5.32 Å². The Labute approximate surface area is 208 Å². The summed E-state index contributed by atoms with van der Waals surface area (Å²) in [6.45, 7) is 3.56. The predicted molar refractivity (Wildman–Crippen MR) is 131 cm³/mol. The number of ketones is 1. The summed E-state index contributed by atoms with van der Waals surface area (Å²) >= 11 is 0. The Morgan fingerprint density at radius 3 is 2.56 bits per heavy atom. The third-order valence-corrected chi connectivity index (χ3v) is 7.56. The first kappa shape index (κ1) is 24.0. The topological polar surface area (TPSA) is 112 Å². The molecule has 3 atom stereocenters. The smallest absolute Gasteiger partial charge is 0.337 e. The third kappa shape index (κ3) is 3.94. The SMILES string of the molecule is COC(=O)[C@@H]1C(=O)C2=C(C[C@@H]1C)NC(C)=C(C(=O)OC1CCCC1)[C@H]2c1coc2ccccc2c1=O. The number of allylic oxidation sites excluding steroid dienone is 3. The monoisotopic (exact) mass is 491 g/mol. The van der Waals surface area contributed by atoms with Crippen LogP contribution in [0.5, 0.6) is 0 Å². The second-order valence-corrected chi connectivity index (χ2v) is 9.86. The number of hydrogen-bond acceptors (Lipinski definition) is 8. The van der Waals surface area contributed by atoms with Gasteiger partial charge in [0.25, 0.3) is 0 Å². The minimum atomic E-state index is -1.03. The summed E-state index contributed by atoms with van der Waals surface area (Å²) < 4.78 is 16.6. The minimum absolute atomic E-state index is 0.159. The number of benzene rings is 1. The zero-order valence-corrected chi connectivity index (χ0v) is 20.6. The fourth-order valence-electron chi connectivity index (χ4n) is 5.78. The van der Waals surface area contributed by atoms with Gasteiger partial charge < -0.3 is 19.2 Å². The van der Waals surface area contributed by atoms with Crippen molar-refractivity contribution in [3.8, 4) is 0 Å². The molecule has 3 aliphatic rings. The first-order valence-electron chi connectivity index (χ1n) is 12.4. The molecule has 188 valence electrons. The Hall–Kier alpha value is -3.68. The minimum Gasteiger partial charge on any atom is -0.468 e. The lowest BCUT2D eigenvalue weighted by molar-refractivity contribution is -0.151. The number of carbonyl (C=O) groups is 3. The molecule has 36 heavy (non-hydrogen) atoms. The lowest BCUT2D eigenvalue weighted by atomic mass is 9.69. The van der Waals surface area contributed by atoms with Crippen LogP contribution in [0.15, 0.2) is 62.3 Å². The van der Waals surface area contributed by atoms with Crippen LogP contribution in [0.25, 0.3) is 11.0 Å². The first-order valence-corrected chi connectivity index (χ1v) is 12.4. The molecule has 5 rings (SSSR count). The van der Waals surface area contributed by atoms with Crippen LogP contribution in [0.2, 0.25) is 0 Å². The number of fused-ring (bicyclic) bond motifs is 1. The lowest BCUT2D eigenvalue weighted by Crippen LogP contribution is -2.44. The lowest BCUT2D eigenvalue weighted by Gasteiger charge is -2.38. The van der Waals surface area contributed by atoms with Crippen LogP contribution in [0.4, 0.5) is 0 Å². The summed E-state index contributed by atoms with van der Waals surface area (Å²) in [5.41, 5.74) is 1.75. The number of carbonyl (C=O) groups excluding carboxylic acids is 3. The average molecular weight is 492 g/mol. The maximum Gasteiger partial charge on any atom is 0.337 e. The normalized spacial score (nSPS) is 24.5. The van der Waals surface area contributed by atoms with Gasteiger partial charge in [-0.2, -0.15) is 0 Å². The number of para-hydroxylation sites is 1. The Morgan fingerprint density at radius 2 is 1.83 bits per heavy atom.